The van der Waals surface area contributed by atoms with Gasteiger partial charge in [0, 0.05) is 5.56 Å². The maximum absolute atomic E-state index is 13.0. The van der Waals surface area contributed by atoms with E-state index in [9.17, 15) is 18.0 Å². The molecular weight excluding hydrogens is 407 g/mol. The lowest BCUT2D eigenvalue weighted by Gasteiger charge is -2.13. The molecule has 0 atom stereocenters. The van der Waals surface area contributed by atoms with Crippen LogP contribution in [0.1, 0.15) is 5.56 Å². The minimum Gasteiger partial charge on any atom is -0.497 e. The van der Waals surface area contributed by atoms with E-state index in [0.717, 1.165) is 17.8 Å². The number of halogens is 3. The van der Waals surface area contributed by atoms with Gasteiger partial charge in [-0.2, -0.15) is 13.2 Å². The fourth-order valence-electron chi connectivity index (χ4n) is 2.47. The van der Waals surface area contributed by atoms with Crippen LogP contribution in [0.2, 0.25) is 0 Å². The SMILES string of the molecule is COc1ccc(-c2nnc(SCC(=O)Nc3ccccc3C(F)(F)F)n2N)cc1. The molecule has 0 spiro atoms. The van der Waals surface area contributed by atoms with Crippen LogP contribution in [0.15, 0.2) is 53.7 Å². The van der Waals surface area contributed by atoms with Gasteiger partial charge in [0.1, 0.15) is 5.75 Å². The second-order valence-corrected chi connectivity index (χ2v) is 6.73. The van der Waals surface area contributed by atoms with Gasteiger partial charge in [0.15, 0.2) is 5.82 Å². The second kappa shape index (κ2) is 8.43. The number of carbonyl (C=O) groups excluding carboxylic acids is 1. The number of hydrogen-bond donors (Lipinski definition) is 2. The van der Waals surface area contributed by atoms with Crippen molar-refractivity contribution in [3.05, 3.63) is 54.1 Å². The van der Waals surface area contributed by atoms with Crippen molar-refractivity contribution in [3.8, 4) is 17.1 Å². The zero-order valence-corrected chi connectivity index (χ0v) is 15.9. The van der Waals surface area contributed by atoms with Gasteiger partial charge in [0.2, 0.25) is 11.1 Å². The van der Waals surface area contributed by atoms with Gasteiger partial charge in [-0.25, -0.2) is 4.68 Å². The van der Waals surface area contributed by atoms with E-state index >= 15 is 0 Å². The molecule has 0 fully saturated rings. The number of rotatable bonds is 6. The van der Waals surface area contributed by atoms with Crippen molar-refractivity contribution in [1.29, 1.82) is 0 Å². The highest BCUT2D eigenvalue weighted by Gasteiger charge is 2.33. The molecule has 0 bridgehead atoms. The predicted octanol–water partition coefficient (Wildman–Crippen LogP) is 3.42. The number of nitrogens with one attached hydrogen (secondary N) is 1. The molecule has 152 valence electrons. The molecule has 0 aliphatic carbocycles. The summed E-state index contributed by atoms with van der Waals surface area (Å²) in [6.07, 6.45) is -4.57. The maximum atomic E-state index is 13.0. The van der Waals surface area contributed by atoms with E-state index in [1.54, 1.807) is 31.4 Å². The third kappa shape index (κ3) is 4.80. The molecule has 0 radical (unpaired) electrons. The highest BCUT2D eigenvalue weighted by atomic mass is 32.2. The van der Waals surface area contributed by atoms with Crippen LogP contribution in [-0.2, 0) is 11.0 Å². The number of aromatic nitrogens is 3. The lowest BCUT2D eigenvalue weighted by Crippen LogP contribution is -2.19. The molecule has 3 aromatic rings. The standard InChI is InChI=1S/C18H16F3N5O2S/c1-28-12-8-6-11(7-9-12)16-24-25-17(26(16)22)29-10-15(27)23-14-5-3-2-4-13(14)18(19,20)21/h2-9H,10,22H2,1H3,(H,23,27). The van der Waals surface area contributed by atoms with E-state index in [2.05, 4.69) is 15.5 Å². The Bertz CT molecular complexity index is 1010. The third-order valence-corrected chi connectivity index (χ3v) is 4.79. The number of carbonyl (C=O) groups is 1. The van der Waals surface area contributed by atoms with Gasteiger partial charge in [-0.15, -0.1) is 10.2 Å². The van der Waals surface area contributed by atoms with Crippen molar-refractivity contribution in [2.75, 3.05) is 24.0 Å². The number of anilines is 1. The lowest BCUT2D eigenvalue weighted by molar-refractivity contribution is -0.137. The van der Waals surface area contributed by atoms with Gasteiger partial charge in [0.05, 0.1) is 24.1 Å². The molecule has 0 saturated heterocycles. The second-order valence-electron chi connectivity index (χ2n) is 5.78. The van der Waals surface area contributed by atoms with Crippen LogP contribution >= 0.6 is 11.8 Å². The topological polar surface area (TPSA) is 95.1 Å². The summed E-state index contributed by atoms with van der Waals surface area (Å²) in [7, 11) is 1.55. The van der Waals surface area contributed by atoms with Gasteiger partial charge in [-0.1, -0.05) is 23.9 Å². The highest BCUT2D eigenvalue weighted by molar-refractivity contribution is 7.99. The molecule has 11 heteroatoms. The number of thioether (sulfide) groups is 1. The Morgan fingerprint density at radius 2 is 1.86 bits per heavy atom. The van der Waals surface area contributed by atoms with Gasteiger partial charge >= 0.3 is 6.18 Å². The Hall–Kier alpha value is -3.21. The van der Waals surface area contributed by atoms with E-state index in [4.69, 9.17) is 10.6 Å². The summed E-state index contributed by atoms with van der Waals surface area (Å²) in [5.74, 6) is 6.21. The average Bonchev–Trinajstić information content (AvgIpc) is 3.06. The summed E-state index contributed by atoms with van der Waals surface area (Å²) in [5.41, 5.74) is -0.530. The van der Waals surface area contributed by atoms with Gasteiger partial charge in [0.25, 0.3) is 0 Å². The van der Waals surface area contributed by atoms with Crippen molar-refractivity contribution >= 4 is 23.4 Å². The van der Waals surface area contributed by atoms with E-state index < -0.39 is 17.6 Å². The summed E-state index contributed by atoms with van der Waals surface area (Å²) in [4.78, 5) is 12.1. The number of methoxy groups -OCH3 is 1. The average molecular weight is 423 g/mol. The number of nitrogen functional groups attached to an aromatic ring is 1. The van der Waals surface area contributed by atoms with Crippen LogP contribution in [0, 0.1) is 0 Å². The maximum Gasteiger partial charge on any atom is 0.418 e. The van der Waals surface area contributed by atoms with E-state index in [1.165, 1.54) is 22.9 Å². The zero-order valence-electron chi connectivity index (χ0n) is 15.1. The number of nitrogens with two attached hydrogens (primary N) is 1. The van der Waals surface area contributed by atoms with Crippen molar-refractivity contribution in [3.63, 3.8) is 0 Å². The van der Waals surface area contributed by atoms with E-state index in [1.807, 2.05) is 0 Å². The van der Waals surface area contributed by atoms with Crippen LogP contribution < -0.4 is 15.9 Å². The first-order chi connectivity index (χ1) is 13.8. The molecule has 0 aliphatic heterocycles. The fourth-order valence-corrected chi connectivity index (χ4v) is 3.12. The Labute approximate surface area is 168 Å². The first-order valence-electron chi connectivity index (χ1n) is 8.23. The van der Waals surface area contributed by atoms with Crippen molar-refractivity contribution < 1.29 is 22.7 Å². The molecule has 7 nitrogen and oxygen atoms in total. The molecular formula is C18H16F3N5O2S. The van der Waals surface area contributed by atoms with Crippen molar-refractivity contribution in [1.82, 2.24) is 14.9 Å². The molecule has 3 N–H and O–H groups in total. The molecule has 29 heavy (non-hydrogen) atoms. The van der Waals surface area contributed by atoms with Gasteiger partial charge in [-0.3, -0.25) is 4.79 Å². The zero-order chi connectivity index (χ0) is 21.0. The number of para-hydroxylation sites is 1. The Morgan fingerprint density at radius 3 is 2.52 bits per heavy atom. The first kappa shape index (κ1) is 20.5. The summed E-state index contributed by atoms with van der Waals surface area (Å²) >= 11 is 0.957. The number of nitrogens with zero attached hydrogens (tertiary/aromatic N) is 3. The third-order valence-electron chi connectivity index (χ3n) is 3.85. The largest absolute Gasteiger partial charge is 0.497 e. The fraction of sp³-hybridized carbons (Fsp3) is 0.167. The van der Waals surface area contributed by atoms with Crippen LogP contribution in [0.3, 0.4) is 0 Å². The van der Waals surface area contributed by atoms with Crippen molar-refractivity contribution in [2.24, 2.45) is 0 Å². The van der Waals surface area contributed by atoms with Crippen LogP contribution in [0.4, 0.5) is 18.9 Å². The molecule has 1 amide bonds. The van der Waals surface area contributed by atoms with Gasteiger partial charge < -0.3 is 15.9 Å². The van der Waals surface area contributed by atoms with E-state index in [-0.39, 0.29) is 16.6 Å². The first-order valence-corrected chi connectivity index (χ1v) is 9.22. The summed E-state index contributed by atoms with van der Waals surface area (Å²) < 4.78 is 45.3. The number of amides is 1. The predicted molar refractivity (Wildman–Crippen MR) is 103 cm³/mol. The molecule has 3 rings (SSSR count). The monoisotopic (exact) mass is 423 g/mol. The highest BCUT2D eigenvalue weighted by Crippen LogP contribution is 2.34. The molecule has 1 heterocycles. The molecule has 1 aromatic heterocycles. The Morgan fingerprint density at radius 1 is 1.17 bits per heavy atom. The summed E-state index contributed by atoms with van der Waals surface area (Å²) in [5, 5.41) is 10.4. The van der Waals surface area contributed by atoms with Crippen LogP contribution in [0.25, 0.3) is 11.4 Å². The minimum absolute atomic E-state index is 0.190. The molecule has 0 saturated carbocycles. The smallest absolute Gasteiger partial charge is 0.418 e. The Balaban J connectivity index is 1.66. The van der Waals surface area contributed by atoms with E-state index in [0.29, 0.717) is 17.1 Å². The number of ether oxygens (including phenoxy) is 1. The molecule has 2 aromatic carbocycles. The number of hydrogen-bond acceptors (Lipinski definition) is 6. The van der Waals surface area contributed by atoms with Crippen LogP contribution in [-0.4, -0.2) is 33.6 Å². The quantitative estimate of drug-likeness (QED) is 0.466. The summed E-state index contributed by atoms with van der Waals surface area (Å²) in [6.45, 7) is 0. The number of alkyl halides is 3. The molecule has 0 unspecified atom stereocenters. The number of benzene rings is 2. The minimum atomic E-state index is -4.57. The Kier molecular flexibility index (Phi) is 5.97. The van der Waals surface area contributed by atoms with Gasteiger partial charge in [-0.05, 0) is 36.4 Å². The normalized spacial score (nSPS) is 11.3. The summed E-state index contributed by atoms with van der Waals surface area (Å²) in [6, 6.07) is 11.7. The van der Waals surface area contributed by atoms with Crippen molar-refractivity contribution in [2.45, 2.75) is 11.3 Å². The van der Waals surface area contributed by atoms with Crippen LogP contribution in [0.5, 0.6) is 5.75 Å². The molecule has 0 aliphatic rings. The lowest BCUT2D eigenvalue weighted by atomic mass is 10.1.